The predicted molar refractivity (Wildman–Crippen MR) is 115 cm³/mol. The molecular formula is C23H15FN4OS. The molecule has 0 radical (unpaired) electrons. The molecule has 0 aliphatic rings. The fourth-order valence-electron chi connectivity index (χ4n) is 2.90. The van der Waals surface area contributed by atoms with Crippen LogP contribution in [0.1, 0.15) is 16.1 Å². The average Bonchev–Trinajstić information content (AvgIpc) is 3.20. The highest BCUT2D eigenvalue weighted by molar-refractivity contribution is 7.15. The Labute approximate surface area is 176 Å². The Morgan fingerprint density at radius 1 is 1.13 bits per heavy atom. The summed E-state index contributed by atoms with van der Waals surface area (Å²) in [6.07, 6.45) is 3.41. The van der Waals surface area contributed by atoms with Crippen LogP contribution in [0, 0.1) is 17.1 Å². The molecular weight excluding hydrogens is 399 g/mol. The van der Waals surface area contributed by atoms with Crippen molar-refractivity contribution >= 4 is 39.4 Å². The molecule has 0 fully saturated rings. The number of carbonyl (C=O) groups excluding carboxylic acids is 1. The number of halogens is 1. The van der Waals surface area contributed by atoms with Crippen LogP contribution in [0.25, 0.3) is 17.0 Å². The monoisotopic (exact) mass is 414 g/mol. The molecule has 2 aromatic heterocycles. The minimum absolute atomic E-state index is 0.0800. The van der Waals surface area contributed by atoms with E-state index >= 15 is 0 Å². The number of pyridine rings is 1. The molecule has 0 spiro atoms. The third-order valence-corrected chi connectivity index (χ3v) is 5.29. The maximum atomic E-state index is 13.8. The molecule has 0 saturated carbocycles. The van der Waals surface area contributed by atoms with Gasteiger partial charge in [0, 0.05) is 22.9 Å². The van der Waals surface area contributed by atoms with Crippen LogP contribution in [0.2, 0.25) is 0 Å². The number of anilines is 1. The molecule has 1 N–H and O–H groups in total. The summed E-state index contributed by atoms with van der Waals surface area (Å²) >= 11 is 1.24. The molecule has 30 heavy (non-hydrogen) atoms. The summed E-state index contributed by atoms with van der Waals surface area (Å²) in [5, 5.41) is 13.4. The highest BCUT2D eigenvalue weighted by atomic mass is 32.1. The van der Waals surface area contributed by atoms with E-state index in [4.69, 9.17) is 0 Å². The normalized spacial score (nSPS) is 11.3. The number of nitriles is 1. The minimum Gasteiger partial charge on any atom is -0.297 e. The maximum Gasteiger partial charge on any atom is 0.268 e. The van der Waals surface area contributed by atoms with Gasteiger partial charge < -0.3 is 0 Å². The molecule has 2 aromatic carbocycles. The van der Waals surface area contributed by atoms with Gasteiger partial charge in [-0.05, 0) is 29.8 Å². The second kappa shape index (κ2) is 8.64. The smallest absolute Gasteiger partial charge is 0.268 e. The van der Waals surface area contributed by atoms with E-state index in [-0.39, 0.29) is 11.4 Å². The van der Waals surface area contributed by atoms with Crippen molar-refractivity contribution in [3.05, 3.63) is 94.4 Å². The van der Waals surface area contributed by atoms with Crippen LogP contribution in [-0.2, 0) is 11.2 Å². The Balaban J connectivity index is 1.49. The molecule has 0 saturated heterocycles. The highest BCUT2D eigenvalue weighted by Crippen LogP contribution is 2.23. The summed E-state index contributed by atoms with van der Waals surface area (Å²) in [6.45, 7) is 0. The Morgan fingerprint density at radius 2 is 1.93 bits per heavy atom. The predicted octanol–water partition coefficient (Wildman–Crippen LogP) is 4.97. The molecule has 0 aliphatic heterocycles. The fourth-order valence-corrected chi connectivity index (χ4v) is 3.73. The Hall–Kier alpha value is -3.89. The second-order valence-corrected chi connectivity index (χ2v) is 7.57. The van der Waals surface area contributed by atoms with E-state index < -0.39 is 5.91 Å². The highest BCUT2D eigenvalue weighted by Gasteiger charge is 2.13. The van der Waals surface area contributed by atoms with Gasteiger partial charge in [-0.1, -0.05) is 42.5 Å². The lowest BCUT2D eigenvalue weighted by Gasteiger charge is -2.02. The van der Waals surface area contributed by atoms with Gasteiger partial charge in [0.1, 0.15) is 17.5 Å². The van der Waals surface area contributed by atoms with E-state index in [0.29, 0.717) is 22.8 Å². The van der Waals surface area contributed by atoms with Crippen LogP contribution in [0.4, 0.5) is 9.52 Å². The van der Waals surface area contributed by atoms with Crippen LogP contribution < -0.4 is 5.32 Å². The van der Waals surface area contributed by atoms with Gasteiger partial charge in [0.25, 0.3) is 5.91 Å². The summed E-state index contributed by atoms with van der Waals surface area (Å²) in [6, 6.07) is 19.7. The van der Waals surface area contributed by atoms with Crippen molar-refractivity contribution in [2.75, 3.05) is 5.32 Å². The lowest BCUT2D eigenvalue weighted by atomic mass is 10.1. The van der Waals surface area contributed by atoms with E-state index in [1.165, 1.54) is 23.5 Å². The topological polar surface area (TPSA) is 78.7 Å². The van der Waals surface area contributed by atoms with E-state index in [1.54, 1.807) is 30.5 Å². The molecule has 0 bridgehead atoms. The molecule has 5 nitrogen and oxygen atoms in total. The van der Waals surface area contributed by atoms with E-state index in [1.807, 2.05) is 36.4 Å². The maximum absolute atomic E-state index is 13.8. The third-order valence-electron chi connectivity index (χ3n) is 4.37. The summed E-state index contributed by atoms with van der Waals surface area (Å²) in [7, 11) is 0. The number of thiazole rings is 1. The largest absolute Gasteiger partial charge is 0.297 e. The van der Waals surface area contributed by atoms with Crippen molar-refractivity contribution in [2.24, 2.45) is 0 Å². The number of hydrogen-bond donors (Lipinski definition) is 1. The lowest BCUT2D eigenvalue weighted by molar-refractivity contribution is -0.112. The van der Waals surface area contributed by atoms with Crippen LogP contribution in [0.5, 0.6) is 0 Å². The Kier molecular flexibility index (Phi) is 5.59. The number of para-hydroxylation sites is 1. The van der Waals surface area contributed by atoms with E-state index in [2.05, 4.69) is 15.3 Å². The number of fused-ring (bicyclic) bond motifs is 1. The van der Waals surface area contributed by atoms with Gasteiger partial charge in [0.2, 0.25) is 0 Å². The van der Waals surface area contributed by atoms with Gasteiger partial charge in [-0.2, -0.15) is 5.26 Å². The Morgan fingerprint density at radius 3 is 2.77 bits per heavy atom. The number of nitrogens with zero attached hydrogens (tertiary/aromatic N) is 3. The second-order valence-electron chi connectivity index (χ2n) is 6.45. The number of benzene rings is 2. The van der Waals surface area contributed by atoms with Crippen molar-refractivity contribution < 1.29 is 9.18 Å². The van der Waals surface area contributed by atoms with Crippen LogP contribution in [0.15, 0.2) is 72.4 Å². The van der Waals surface area contributed by atoms with Crippen LogP contribution >= 0.6 is 11.3 Å². The zero-order valence-electron chi connectivity index (χ0n) is 15.7. The van der Waals surface area contributed by atoms with Crippen molar-refractivity contribution in [2.45, 2.75) is 6.42 Å². The number of rotatable bonds is 5. The van der Waals surface area contributed by atoms with Gasteiger partial charge >= 0.3 is 0 Å². The number of hydrogen-bond acceptors (Lipinski definition) is 5. The van der Waals surface area contributed by atoms with Gasteiger partial charge in [-0.3, -0.25) is 10.1 Å². The molecule has 1 amide bonds. The van der Waals surface area contributed by atoms with Crippen molar-refractivity contribution in [3.63, 3.8) is 0 Å². The molecule has 7 heteroatoms. The molecule has 0 atom stereocenters. The minimum atomic E-state index is -0.570. The molecule has 4 aromatic rings. The van der Waals surface area contributed by atoms with Crippen molar-refractivity contribution in [1.82, 2.24) is 9.97 Å². The average molecular weight is 414 g/mol. The van der Waals surface area contributed by atoms with Gasteiger partial charge in [0.15, 0.2) is 5.13 Å². The zero-order chi connectivity index (χ0) is 20.9. The summed E-state index contributed by atoms with van der Waals surface area (Å²) in [5.74, 6) is -0.853. The number of aromatic nitrogens is 2. The summed E-state index contributed by atoms with van der Waals surface area (Å²) < 4.78 is 13.8. The van der Waals surface area contributed by atoms with Gasteiger partial charge in [-0.15, -0.1) is 11.3 Å². The standard InChI is InChI=1S/C23H15FN4OS/c24-20-7-3-1-6-16(20)12-19-14-26-23(30-19)28-22(29)17(13-25)11-18-10-9-15-5-2-4-8-21(15)27-18/h1-11,14H,12H2,(H,26,28,29). The first-order chi connectivity index (χ1) is 14.6. The molecule has 4 rings (SSSR count). The zero-order valence-corrected chi connectivity index (χ0v) is 16.5. The van der Waals surface area contributed by atoms with Gasteiger partial charge in [-0.25, -0.2) is 14.4 Å². The number of amides is 1. The first-order valence-electron chi connectivity index (χ1n) is 9.09. The third kappa shape index (κ3) is 4.40. The molecule has 0 unspecified atom stereocenters. The SMILES string of the molecule is N#CC(=Cc1ccc2ccccc2n1)C(=O)Nc1ncc(Cc2ccccc2F)s1. The van der Waals surface area contributed by atoms with Crippen molar-refractivity contribution in [3.8, 4) is 6.07 Å². The number of carbonyl (C=O) groups is 1. The van der Waals surface area contributed by atoms with E-state index in [0.717, 1.165) is 15.8 Å². The summed E-state index contributed by atoms with van der Waals surface area (Å²) in [5.41, 5.74) is 1.77. The quantitative estimate of drug-likeness (QED) is 0.370. The molecule has 146 valence electrons. The fraction of sp³-hybridized carbons (Fsp3) is 0.0435. The lowest BCUT2D eigenvalue weighted by Crippen LogP contribution is -2.13. The van der Waals surface area contributed by atoms with Crippen LogP contribution in [0.3, 0.4) is 0 Å². The molecule has 0 aliphatic carbocycles. The molecule has 2 heterocycles. The first-order valence-corrected chi connectivity index (χ1v) is 9.91. The Bertz CT molecular complexity index is 1310. The van der Waals surface area contributed by atoms with Gasteiger partial charge in [0.05, 0.1) is 11.2 Å². The number of nitrogens with one attached hydrogen (secondary N) is 1. The van der Waals surface area contributed by atoms with Crippen LogP contribution in [-0.4, -0.2) is 15.9 Å². The van der Waals surface area contributed by atoms with E-state index in [9.17, 15) is 14.4 Å². The van der Waals surface area contributed by atoms with Crippen molar-refractivity contribution in [1.29, 1.82) is 5.26 Å². The first kappa shape index (κ1) is 19.4. The summed E-state index contributed by atoms with van der Waals surface area (Å²) in [4.78, 5) is 21.9.